The lowest BCUT2D eigenvalue weighted by molar-refractivity contribution is -0.385. The summed E-state index contributed by atoms with van der Waals surface area (Å²) in [6.45, 7) is 0. The van der Waals surface area contributed by atoms with Crippen LogP contribution < -0.4 is 0 Å². The van der Waals surface area contributed by atoms with Gasteiger partial charge in [-0.15, -0.1) is 0 Å². The van der Waals surface area contributed by atoms with Crippen molar-refractivity contribution in [3.63, 3.8) is 0 Å². The van der Waals surface area contributed by atoms with Crippen LogP contribution in [0.4, 0.5) is 5.69 Å². The molecule has 1 aromatic rings. The number of hydroxylamine groups is 2. The maximum Gasteiger partial charge on any atom is 0.319 e. The zero-order valence-electron chi connectivity index (χ0n) is 8.51. The highest BCUT2D eigenvalue weighted by Gasteiger charge is 2.26. The molecule has 1 rings (SSSR count). The van der Waals surface area contributed by atoms with Crippen LogP contribution >= 0.6 is 11.6 Å². The molecule has 0 saturated carbocycles. The maximum absolute atomic E-state index is 11.7. The number of rotatable bonds is 3. The molecule has 0 bridgehead atoms. The van der Waals surface area contributed by atoms with Gasteiger partial charge >= 0.3 is 5.69 Å². The summed E-state index contributed by atoms with van der Waals surface area (Å²) in [5.41, 5.74) is -0.701. The molecule has 16 heavy (non-hydrogen) atoms. The zero-order chi connectivity index (χ0) is 12.3. The van der Waals surface area contributed by atoms with E-state index >= 15 is 0 Å². The second-order valence-corrected chi connectivity index (χ2v) is 3.10. The third-order valence-corrected chi connectivity index (χ3v) is 2.13. The first-order valence-electron chi connectivity index (χ1n) is 4.10. The van der Waals surface area contributed by atoms with Gasteiger partial charge in [-0.2, -0.15) is 0 Å². The molecular formula is C8H8ClN3O4. The number of nitrogens with zero attached hydrogens (tertiary/aromatic N) is 3. The fourth-order valence-corrected chi connectivity index (χ4v) is 1.25. The highest BCUT2D eigenvalue weighted by molar-refractivity contribution is 6.32. The van der Waals surface area contributed by atoms with E-state index in [1.807, 2.05) is 0 Å². The normalized spacial score (nSPS) is 9.94. The number of halogens is 1. The van der Waals surface area contributed by atoms with E-state index in [9.17, 15) is 14.9 Å². The third-order valence-electron chi connectivity index (χ3n) is 1.85. The van der Waals surface area contributed by atoms with Gasteiger partial charge in [0.15, 0.2) is 0 Å². The molecule has 0 aliphatic rings. The van der Waals surface area contributed by atoms with E-state index in [1.165, 1.54) is 26.4 Å². The molecule has 8 heteroatoms. The van der Waals surface area contributed by atoms with Gasteiger partial charge in [-0.1, -0.05) is 11.6 Å². The molecule has 0 aromatic carbocycles. The monoisotopic (exact) mass is 245 g/mol. The van der Waals surface area contributed by atoms with E-state index in [-0.39, 0.29) is 10.7 Å². The van der Waals surface area contributed by atoms with Gasteiger partial charge < -0.3 is 0 Å². The number of pyridine rings is 1. The third kappa shape index (κ3) is 2.26. The molecule has 0 aliphatic carbocycles. The van der Waals surface area contributed by atoms with Crippen LogP contribution in [0.15, 0.2) is 12.3 Å². The Balaban J connectivity index is 3.28. The summed E-state index contributed by atoms with van der Waals surface area (Å²) in [4.78, 5) is 29.8. The number of carbonyl (C=O) groups is 1. The SMILES string of the molecule is CON(C)C(=O)c1ccnc(Cl)c1[N+](=O)[O-]. The predicted octanol–water partition coefficient (Wildman–Crippen LogP) is 1.28. The van der Waals surface area contributed by atoms with E-state index < -0.39 is 16.5 Å². The molecule has 0 radical (unpaired) electrons. The van der Waals surface area contributed by atoms with Crippen molar-refractivity contribution in [2.24, 2.45) is 0 Å². The molecule has 1 amide bonds. The molecular weight excluding hydrogens is 238 g/mol. The van der Waals surface area contributed by atoms with Crippen molar-refractivity contribution in [3.05, 3.63) is 33.1 Å². The second kappa shape index (κ2) is 4.86. The summed E-state index contributed by atoms with van der Waals surface area (Å²) < 4.78 is 0. The number of hydrogen-bond acceptors (Lipinski definition) is 5. The van der Waals surface area contributed by atoms with Crippen LogP contribution in [-0.2, 0) is 4.84 Å². The zero-order valence-corrected chi connectivity index (χ0v) is 9.26. The van der Waals surface area contributed by atoms with Gasteiger partial charge in [-0.05, 0) is 6.07 Å². The van der Waals surface area contributed by atoms with Crippen molar-refractivity contribution < 1.29 is 14.6 Å². The first-order chi connectivity index (χ1) is 7.49. The van der Waals surface area contributed by atoms with Crippen molar-refractivity contribution in [1.29, 1.82) is 0 Å². The minimum Gasteiger partial charge on any atom is -0.274 e. The number of nitro groups is 1. The Hall–Kier alpha value is -1.73. The van der Waals surface area contributed by atoms with Crippen molar-refractivity contribution in [2.45, 2.75) is 0 Å². The standard InChI is InChI=1S/C8H8ClN3O4/c1-11(16-2)8(13)5-3-4-10-7(9)6(5)12(14)15/h3-4H,1-2H3. The highest BCUT2D eigenvalue weighted by Crippen LogP contribution is 2.26. The molecule has 0 fully saturated rings. The van der Waals surface area contributed by atoms with E-state index in [4.69, 9.17) is 11.6 Å². The van der Waals surface area contributed by atoms with Gasteiger partial charge in [-0.25, -0.2) is 10.0 Å². The molecule has 1 aromatic heterocycles. The number of aromatic nitrogens is 1. The molecule has 86 valence electrons. The van der Waals surface area contributed by atoms with E-state index in [0.29, 0.717) is 0 Å². The molecule has 7 nitrogen and oxygen atoms in total. The van der Waals surface area contributed by atoms with Gasteiger partial charge in [-0.3, -0.25) is 19.7 Å². The molecule has 0 atom stereocenters. The predicted molar refractivity (Wildman–Crippen MR) is 55.0 cm³/mol. The summed E-state index contributed by atoms with van der Waals surface area (Å²) in [5, 5.41) is 11.3. The fraction of sp³-hybridized carbons (Fsp3) is 0.250. The highest BCUT2D eigenvalue weighted by atomic mass is 35.5. The molecule has 1 heterocycles. The van der Waals surface area contributed by atoms with E-state index in [1.54, 1.807) is 0 Å². The second-order valence-electron chi connectivity index (χ2n) is 2.74. The Morgan fingerprint density at radius 1 is 1.69 bits per heavy atom. The summed E-state index contributed by atoms with van der Waals surface area (Å²) in [7, 11) is 2.60. The fourth-order valence-electron chi connectivity index (χ4n) is 1.03. The maximum atomic E-state index is 11.7. The first kappa shape index (κ1) is 12.3. The summed E-state index contributed by atoms with van der Waals surface area (Å²) in [6.07, 6.45) is 1.21. The lowest BCUT2D eigenvalue weighted by Crippen LogP contribution is -2.26. The Morgan fingerprint density at radius 3 is 2.81 bits per heavy atom. The van der Waals surface area contributed by atoms with Crippen LogP contribution in [0.5, 0.6) is 0 Å². The number of carbonyl (C=O) groups excluding carboxylic acids is 1. The molecule has 0 spiro atoms. The summed E-state index contributed by atoms with van der Waals surface area (Å²) in [6, 6.07) is 1.21. The van der Waals surface area contributed by atoms with E-state index in [2.05, 4.69) is 9.82 Å². The van der Waals surface area contributed by atoms with Crippen molar-refractivity contribution in [1.82, 2.24) is 10.0 Å². The van der Waals surface area contributed by atoms with Crippen LogP contribution in [0.1, 0.15) is 10.4 Å². The van der Waals surface area contributed by atoms with Gasteiger partial charge in [0.25, 0.3) is 5.91 Å². The molecule has 0 N–H and O–H groups in total. The van der Waals surface area contributed by atoms with Crippen LogP contribution in [0.3, 0.4) is 0 Å². The Bertz CT molecular complexity index is 437. The average molecular weight is 246 g/mol. The Morgan fingerprint density at radius 2 is 2.31 bits per heavy atom. The van der Waals surface area contributed by atoms with Crippen molar-refractivity contribution in [2.75, 3.05) is 14.2 Å². The van der Waals surface area contributed by atoms with Crippen LogP contribution in [0.25, 0.3) is 0 Å². The van der Waals surface area contributed by atoms with Gasteiger partial charge in [0.2, 0.25) is 5.15 Å². The first-order valence-corrected chi connectivity index (χ1v) is 4.48. The Labute approximate surface area is 95.7 Å². The van der Waals surface area contributed by atoms with Crippen molar-refractivity contribution in [3.8, 4) is 0 Å². The van der Waals surface area contributed by atoms with Gasteiger partial charge in [0.05, 0.1) is 12.0 Å². The molecule has 0 unspecified atom stereocenters. The van der Waals surface area contributed by atoms with Gasteiger partial charge in [0.1, 0.15) is 5.56 Å². The average Bonchev–Trinajstić information content (AvgIpc) is 2.26. The van der Waals surface area contributed by atoms with Crippen LogP contribution in [0.2, 0.25) is 5.15 Å². The summed E-state index contributed by atoms with van der Waals surface area (Å²) in [5.74, 6) is -0.668. The minimum atomic E-state index is -0.758. The Kier molecular flexibility index (Phi) is 3.75. The van der Waals surface area contributed by atoms with E-state index in [0.717, 1.165) is 5.06 Å². The smallest absolute Gasteiger partial charge is 0.274 e. The number of amides is 1. The largest absolute Gasteiger partial charge is 0.319 e. The molecule has 0 saturated heterocycles. The van der Waals surface area contributed by atoms with Crippen LogP contribution in [-0.4, -0.2) is 35.0 Å². The lowest BCUT2D eigenvalue weighted by atomic mass is 10.2. The van der Waals surface area contributed by atoms with Crippen LogP contribution in [0, 0.1) is 10.1 Å². The lowest BCUT2D eigenvalue weighted by Gasteiger charge is -2.13. The topological polar surface area (TPSA) is 85.6 Å². The quantitative estimate of drug-likeness (QED) is 0.455. The minimum absolute atomic E-state index is 0.172. The van der Waals surface area contributed by atoms with Gasteiger partial charge in [0, 0.05) is 13.2 Å². The molecule has 0 aliphatic heterocycles. The number of hydrogen-bond donors (Lipinski definition) is 0. The summed E-state index contributed by atoms with van der Waals surface area (Å²) >= 11 is 5.55. The van der Waals surface area contributed by atoms with Crippen molar-refractivity contribution >= 4 is 23.2 Å².